The van der Waals surface area contributed by atoms with E-state index in [1.165, 1.54) is 37.5 Å². The van der Waals surface area contributed by atoms with Crippen molar-refractivity contribution < 1.29 is 69.3 Å². The Labute approximate surface area is 350 Å². The highest BCUT2D eigenvalue weighted by Crippen LogP contribution is 2.13. The smallest absolute Gasteiger partial charge is 0.326 e. The minimum atomic E-state index is -1.98. The summed E-state index contributed by atoms with van der Waals surface area (Å²) in [7, 11) is 1.23. The molecule has 0 saturated heterocycles. The lowest BCUT2D eigenvalue weighted by atomic mass is 10.0. The Kier molecular flexibility index (Phi) is 19.0. The number of aliphatic hydroxyl groups excluding tert-OH is 5. The summed E-state index contributed by atoms with van der Waals surface area (Å²) in [6.45, 7) is -1.47. The van der Waals surface area contributed by atoms with Gasteiger partial charge in [-0.05, 0) is 43.5 Å². The van der Waals surface area contributed by atoms with Crippen LogP contribution in [0.2, 0.25) is 0 Å². The Hall–Kier alpha value is -6.87. The number of likely N-dealkylation sites (N-methyl/N-ethyl adjacent to an activating group) is 1. The molecule has 338 valence electrons. The molecule has 0 unspecified atom stereocenters. The van der Waals surface area contributed by atoms with Gasteiger partial charge in [-0.15, -0.1) is 0 Å². The monoisotopic (exact) mass is 875 g/mol. The summed E-state index contributed by atoms with van der Waals surface area (Å²) in [6, 6.07) is 1.27. The molecule has 62 heavy (non-hydrogen) atoms. The van der Waals surface area contributed by atoms with Crippen LogP contribution in [0.4, 0.5) is 11.6 Å². The van der Waals surface area contributed by atoms with Crippen LogP contribution in [0.5, 0.6) is 0 Å². The van der Waals surface area contributed by atoms with Gasteiger partial charge >= 0.3 is 11.9 Å². The van der Waals surface area contributed by atoms with Gasteiger partial charge < -0.3 is 73.4 Å². The van der Waals surface area contributed by atoms with E-state index in [0.29, 0.717) is 11.4 Å². The zero-order valence-corrected chi connectivity index (χ0v) is 33.1. The number of aromatic nitrogens is 4. The van der Waals surface area contributed by atoms with Gasteiger partial charge in [0.05, 0.1) is 31.1 Å². The van der Waals surface area contributed by atoms with E-state index in [-0.39, 0.29) is 35.6 Å². The largest absolute Gasteiger partial charge is 0.481 e. The lowest BCUT2D eigenvalue weighted by Gasteiger charge is -2.26. The fourth-order valence-electron chi connectivity index (χ4n) is 5.55. The van der Waals surface area contributed by atoms with Gasteiger partial charge in [0.1, 0.15) is 36.4 Å². The summed E-state index contributed by atoms with van der Waals surface area (Å²) in [6.07, 6.45) is -9.08. The van der Waals surface area contributed by atoms with E-state index in [4.69, 9.17) is 15.9 Å². The molecule has 0 spiro atoms. The second kappa shape index (κ2) is 23.8. The number of amides is 5. The predicted octanol–water partition coefficient (Wildman–Crippen LogP) is -5.22. The third kappa shape index (κ3) is 15.3. The third-order valence-corrected chi connectivity index (χ3v) is 9.04. The fourth-order valence-corrected chi connectivity index (χ4v) is 5.55. The highest BCUT2D eigenvalue weighted by Gasteiger charge is 2.31. The van der Waals surface area contributed by atoms with E-state index < -0.39 is 135 Å². The van der Waals surface area contributed by atoms with Crippen molar-refractivity contribution in [2.45, 2.75) is 87.6 Å². The van der Waals surface area contributed by atoms with Gasteiger partial charge in [0.2, 0.25) is 29.6 Å². The summed E-state index contributed by atoms with van der Waals surface area (Å²) in [5.41, 5.74) is 5.96. The standard InChI is InChI=1S/C36H49N11O15/c1-38-32(58)19(8-11-26(53)54)44-33(59)20(6-9-24(51)40-14-22(49)28(55)29(56)23(50)15-48)43-25(52)10-7-21(35(61)62)45-31(57)16-2-4-17(5-3-16)39-12-18-13-41-30-27(42-18)34(60)47-36(37)46-30/h2-5,13,19-23,28-29,39,48-50,55-56H,6-12,14-15H2,1H3,(H,38,58)(H,40,51)(H,43,52)(H,44,59)(H,45,57)(H,53,54)(H,61,62)(H3,37,41,46,47,60)/t19-,20-,21+,22-,23+,28+,29+/m0/s1. The number of anilines is 2. The molecular formula is C36H49N11O15. The molecule has 1 aromatic carbocycles. The van der Waals surface area contributed by atoms with Crippen molar-refractivity contribution in [3.8, 4) is 0 Å². The summed E-state index contributed by atoms with van der Waals surface area (Å²) in [5, 5.41) is 81.7. The van der Waals surface area contributed by atoms with Gasteiger partial charge in [-0.2, -0.15) is 4.98 Å². The van der Waals surface area contributed by atoms with Crippen molar-refractivity contribution in [2.75, 3.05) is 31.2 Å². The number of carboxylic acid groups (broad SMARTS) is 2. The SMILES string of the molecule is CNC(=O)[C@H](CCC(=O)O)NC(=O)[C@H](CCC(=O)NC[C@H](O)[C@@H](O)[C@H](O)[C@H](O)CO)NC(=O)CC[C@@H](NC(=O)c1ccc(NCc2cnc3nc(N)[nH]c(=O)c3n2)cc1)C(=O)O. The third-order valence-electron chi connectivity index (χ3n) is 9.04. The van der Waals surface area contributed by atoms with E-state index in [1.54, 1.807) is 0 Å². The lowest BCUT2D eigenvalue weighted by Crippen LogP contribution is -2.54. The van der Waals surface area contributed by atoms with E-state index in [1.807, 2.05) is 0 Å². The van der Waals surface area contributed by atoms with Crippen LogP contribution in [0.25, 0.3) is 11.2 Å². The van der Waals surface area contributed by atoms with Gasteiger partial charge in [-0.1, -0.05) is 0 Å². The predicted molar refractivity (Wildman–Crippen MR) is 212 cm³/mol. The summed E-state index contributed by atoms with van der Waals surface area (Å²) < 4.78 is 0. The lowest BCUT2D eigenvalue weighted by molar-refractivity contribution is -0.140. The summed E-state index contributed by atoms with van der Waals surface area (Å²) >= 11 is 0. The van der Waals surface area contributed by atoms with Gasteiger partial charge in [-0.3, -0.25) is 38.5 Å². The second-order valence-electron chi connectivity index (χ2n) is 13.7. The molecule has 7 atom stereocenters. The Balaban J connectivity index is 1.62. The fraction of sp³-hybridized carbons (Fsp3) is 0.472. The first-order chi connectivity index (χ1) is 29.3. The molecule has 0 aliphatic heterocycles. The molecule has 26 heteroatoms. The maximum Gasteiger partial charge on any atom is 0.326 e. The molecular weight excluding hydrogens is 826 g/mol. The van der Waals surface area contributed by atoms with Crippen LogP contribution in [0.3, 0.4) is 0 Å². The molecule has 3 rings (SSSR count). The van der Waals surface area contributed by atoms with Crippen molar-refractivity contribution in [3.63, 3.8) is 0 Å². The van der Waals surface area contributed by atoms with Gasteiger partial charge in [-0.25, -0.2) is 14.8 Å². The number of nitrogens with one attached hydrogen (secondary N) is 7. The van der Waals surface area contributed by atoms with Crippen molar-refractivity contribution in [3.05, 3.63) is 52.1 Å². The van der Waals surface area contributed by atoms with Crippen molar-refractivity contribution in [1.29, 1.82) is 0 Å². The molecule has 2 heterocycles. The van der Waals surface area contributed by atoms with Crippen LogP contribution < -0.4 is 43.2 Å². The molecule has 0 bridgehead atoms. The number of aliphatic hydroxyl groups is 5. The number of aliphatic carboxylic acids is 2. The molecule has 2 aromatic heterocycles. The highest BCUT2D eigenvalue weighted by molar-refractivity contribution is 5.97. The van der Waals surface area contributed by atoms with Gasteiger partial charge in [0.15, 0.2) is 11.2 Å². The Morgan fingerprint density at radius 3 is 2.02 bits per heavy atom. The molecule has 0 radical (unpaired) electrons. The quantitative estimate of drug-likeness (QED) is 0.0378. The normalized spacial score (nSPS) is 14.5. The molecule has 5 amide bonds. The summed E-state index contributed by atoms with van der Waals surface area (Å²) in [5.74, 6) is -7.24. The number of H-pyrrole nitrogens is 1. The minimum Gasteiger partial charge on any atom is -0.481 e. The Morgan fingerprint density at radius 2 is 1.39 bits per heavy atom. The maximum atomic E-state index is 13.3. The zero-order valence-electron chi connectivity index (χ0n) is 33.1. The number of nitrogens with zero attached hydrogens (tertiary/aromatic N) is 3. The molecule has 3 aromatic rings. The van der Waals surface area contributed by atoms with Gasteiger partial charge in [0.25, 0.3) is 11.5 Å². The van der Waals surface area contributed by atoms with Crippen molar-refractivity contribution in [2.24, 2.45) is 0 Å². The number of aromatic amines is 1. The number of carbonyl (C=O) groups is 7. The minimum absolute atomic E-state index is 0.0165. The second-order valence-corrected chi connectivity index (χ2v) is 13.7. The van der Waals surface area contributed by atoms with E-state index in [0.717, 1.165) is 0 Å². The topological polar surface area (TPSA) is 431 Å². The number of nitrogen functional groups attached to an aromatic ring is 1. The summed E-state index contributed by atoms with van der Waals surface area (Å²) in [4.78, 5) is 114. The van der Waals surface area contributed by atoms with Crippen molar-refractivity contribution in [1.82, 2.24) is 46.5 Å². The van der Waals surface area contributed by atoms with Gasteiger partial charge in [0, 0.05) is 44.1 Å². The highest BCUT2D eigenvalue weighted by atomic mass is 16.4. The molecule has 0 aliphatic rings. The van der Waals surface area contributed by atoms with E-state index in [2.05, 4.69) is 51.8 Å². The first-order valence-electron chi connectivity index (χ1n) is 18.8. The number of rotatable bonds is 25. The van der Waals surface area contributed by atoms with Crippen LogP contribution in [-0.2, 0) is 35.3 Å². The number of carbonyl (C=O) groups excluding carboxylic acids is 5. The van der Waals surface area contributed by atoms with Crippen LogP contribution in [0, 0.1) is 0 Å². The number of carboxylic acids is 2. The molecule has 0 saturated carbocycles. The Morgan fingerprint density at radius 1 is 0.774 bits per heavy atom. The zero-order chi connectivity index (χ0) is 46.1. The van der Waals surface area contributed by atoms with Crippen LogP contribution in [0.1, 0.15) is 54.6 Å². The van der Waals surface area contributed by atoms with Crippen LogP contribution in [-0.4, -0.2) is 160 Å². The van der Waals surface area contributed by atoms with Crippen LogP contribution >= 0.6 is 0 Å². The number of fused-ring (bicyclic) bond motifs is 1. The average Bonchev–Trinajstić information content (AvgIpc) is 3.24. The molecule has 26 nitrogen and oxygen atoms in total. The molecule has 0 aliphatic carbocycles. The first kappa shape index (κ1) is 49.5. The maximum absolute atomic E-state index is 13.3. The molecule has 0 fully saturated rings. The number of hydrogen-bond acceptors (Lipinski definition) is 18. The van der Waals surface area contributed by atoms with E-state index in [9.17, 15) is 63.9 Å². The van der Waals surface area contributed by atoms with Crippen LogP contribution in [0.15, 0.2) is 35.3 Å². The Bertz CT molecular complexity index is 2120. The number of benzene rings is 1. The number of hydrogen-bond donors (Lipinski definition) is 15. The first-order valence-corrected chi connectivity index (χ1v) is 18.8. The number of nitrogens with two attached hydrogens (primary N) is 1. The van der Waals surface area contributed by atoms with E-state index >= 15 is 0 Å². The average molecular weight is 876 g/mol. The molecule has 16 N–H and O–H groups in total. The van der Waals surface area contributed by atoms with Crippen molar-refractivity contribution >= 4 is 64.3 Å².